The van der Waals surface area contributed by atoms with Gasteiger partial charge in [0.2, 0.25) is 5.91 Å². The number of aromatic nitrogens is 4. The van der Waals surface area contributed by atoms with Crippen LogP contribution in [-0.2, 0) is 4.79 Å². The highest BCUT2D eigenvalue weighted by atomic mass is 32.2. The van der Waals surface area contributed by atoms with Crippen LogP contribution in [0.5, 0.6) is 0 Å². The van der Waals surface area contributed by atoms with Gasteiger partial charge >= 0.3 is 0 Å². The Morgan fingerprint density at radius 3 is 2.30 bits per heavy atom. The Morgan fingerprint density at radius 1 is 0.909 bits per heavy atom. The van der Waals surface area contributed by atoms with Gasteiger partial charge in [-0.2, -0.15) is 0 Å². The number of pyridine rings is 1. The quantitative estimate of drug-likeness (QED) is 0.379. The lowest BCUT2D eigenvalue weighted by atomic mass is 10.1. The predicted molar refractivity (Wildman–Crippen MR) is 130 cm³/mol. The number of thioether (sulfide) groups is 1. The Hall–Kier alpha value is -3.45. The molecule has 0 radical (unpaired) electrons. The molecule has 2 aromatic heterocycles. The molecule has 5 rings (SSSR count). The minimum atomic E-state index is -0.386. The molecule has 1 saturated heterocycles. The van der Waals surface area contributed by atoms with E-state index in [1.165, 1.54) is 17.3 Å². The first-order chi connectivity index (χ1) is 16.2. The van der Waals surface area contributed by atoms with Crippen LogP contribution in [-0.4, -0.2) is 43.6 Å². The minimum absolute atomic E-state index is 0.132. The summed E-state index contributed by atoms with van der Waals surface area (Å²) in [4.78, 5) is 19.7. The molecule has 1 atom stereocenters. The summed E-state index contributed by atoms with van der Waals surface area (Å²) in [5.74, 6) is 0.858. The second kappa shape index (κ2) is 9.58. The maximum absolute atomic E-state index is 13.6. The lowest BCUT2D eigenvalue weighted by Gasteiger charge is -2.23. The molecule has 1 aliphatic heterocycles. The Bertz CT molecular complexity index is 1220. The summed E-state index contributed by atoms with van der Waals surface area (Å²) in [7, 11) is 0. The maximum Gasteiger partial charge on any atom is 0.240 e. The number of amides is 1. The lowest BCUT2D eigenvalue weighted by molar-refractivity contribution is -0.129. The van der Waals surface area contributed by atoms with Gasteiger partial charge < -0.3 is 4.90 Å². The average molecular weight is 456 g/mol. The number of carbonyl (C=O) groups excluding carboxylic acids is 1. The molecule has 166 valence electrons. The maximum atomic E-state index is 13.6. The van der Waals surface area contributed by atoms with Gasteiger partial charge in [0, 0.05) is 36.7 Å². The molecule has 0 aliphatic carbocycles. The fourth-order valence-electron chi connectivity index (χ4n) is 4.06. The van der Waals surface area contributed by atoms with Crippen LogP contribution in [0.4, 0.5) is 0 Å². The number of aryl methyl sites for hydroxylation is 1. The van der Waals surface area contributed by atoms with Gasteiger partial charge in [0.25, 0.3) is 0 Å². The van der Waals surface area contributed by atoms with E-state index >= 15 is 0 Å². The first-order valence-electron chi connectivity index (χ1n) is 11.1. The molecule has 2 aromatic carbocycles. The first-order valence-corrected chi connectivity index (χ1v) is 12.0. The smallest absolute Gasteiger partial charge is 0.240 e. The zero-order valence-electron chi connectivity index (χ0n) is 18.5. The van der Waals surface area contributed by atoms with Crippen LogP contribution in [0.25, 0.3) is 17.1 Å². The summed E-state index contributed by atoms with van der Waals surface area (Å²) in [5, 5.41) is 9.38. The highest BCUT2D eigenvalue weighted by molar-refractivity contribution is 8.00. The van der Waals surface area contributed by atoms with Crippen LogP contribution in [0.3, 0.4) is 0 Å². The van der Waals surface area contributed by atoms with E-state index in [9.17, 15) is 4.79 Å². The van der Waals surface area contributed by atoms with Crippen LogP contribution >= 0.6 is 11.8 Å². The van der Waals surface area contributed by atoms with Crippen LogP contribution in [0.2, 0.25) is 0 Å². The van der Waals surface area contributed by atoms with Crippen LogP contribution < -0.4 is 0 Å². The number of likely N-dealkylation sites (tertiary alicyclic amines) is 1. The second-order valence-electron chi connectivity index (χ2n) is 8.15. The molecule has 0 N–H and O–H groups in total. The van der Waals surface area contributed by atoms with Gasteiger partial charge in [-0.05, 0) is 49.6 Å². The van der Waals surface area contributed by atoms with Gasteiger partial charge in [0.1, 0.15) is 5.25 Å². The molecule has 1 aliphatic rings. The summed E-state index contributed by atoms with van der Waals surface area (Å²) in [6.07, 6.45) is 5.62. The van der Waals surface area contributed by atoms with Crippen molar-refractivity contribution in [3.05, 3.63) is 90.3 Å². The summed E-state index contributed by atoms with van der Waals surface area (Å²) in [6, 6.07) is 22.1. The molecule has 33 heavy (non-hydrogen) atoms. The molecule has 7 heteroatoms. The molecule has 4 aromatic rings. The SMILES string of the molecule is Cc1ccc(-n2c(SC(C(=O)N3CCCC3)c3ccccc3)nnc2-c2ccncc2)cc1. The van der Waals surface area contributed by atoms with Gasteiger partial charge in [-0.1, -0.05) is 59.8 Å². The Morgan fingerprint density at radius 2 is 1.61 bits per heavy atom. The summed E-state index contributed by atoms with van der Waals surface area (Å²) in [6.45, 7) is 3.70. The van der Waals surface area contributed by atoms with Crippen molar-refractivity contribution in [2.24, 2.45) is 0 Å². The lowest BCUT2D eigenvalue weighted by Crippen LogP contribution is -2.31. The molecule has 1 fully saturated rings. The number of hydrogen-bond donors (Lipinski definition) is 0. The first kappa shape index (κ1) is 21.4. The largest absolute Gasteiger partial charge is 0.341 e. The van der Waals surface area contributed by atoms with Gasteiger partial charge in [-0.25, -0.2) is 0 Å². The second-order valence-corrected chi connectivity index (χ2v) is 9.23. The van der Waals surface area contributed by atoms with Crippen molar-refractivity contribution in [2.45, 2.75) is 30.2 Å². The summed E-state index contributed by atoms with van der Waals surface area (Å²) < 4.78 is 2.03. The number of rotatable bonds is 6. The van der Waals surface area contributed by atoms with Crippen molar-refractivity contribution in [2.75, 3.05) is 13.1 Å². The van der Waals surface area contributed by atoms with E-state index in [1.54, 1.807) is 12.4 Å². The van der Waals surface area contributed by atoms with E-state index in [2.05, 4.69) is 46.4 Å². The van der Waals surface area contributed by atoms with Gasteiger partial charge in [-0.15, -0.1) is 10.2 Å². The molecule has 6 nitrogen and oxygen atoms in total. The van der Waals surface area contributed by atoms with E-state index in [-0.39, 0.29) is 11.2 Å². The molecule has 0 saturated carbocycles. The Labute approximate surface area is 197 Å². The van der Waals surface area contributed by atoms with Crippen LogP contribution in [0, 0.1) is 6.92 Å². The van der Waals surface area contributed by atoms with Crippen LogP contribution in [0.15, 0.2) is 84.3 Å². The van der Waals surface area contributed by atoms with E-state index < -0.39 is 0 Å². The highest BCUT2D eigenvalue weighted by Crippen LogP contribution is 2.39. The normalized spacial score (nSPS) is 14.4. The van der Waals surface area contributed by atoms with Crippen molar-refractivity contribution in [3.8, 4) is 17.1 Å². The van der Waals surface area contributed by atoms with Crippen molar-refractivity contribution < 1.29 is 4.79 Å². The number of hydrogen-bond acceptors (Lipinski definition) is 5. The number of carbonyl (C=O) groups is 1. The van der Waals surface area contributed by atoms with Gasteiger partial charge in [-0.3, -0.25) is 14.3 Å². The van der Waals surface area contributed by atoms with Crippen molar-refractivity contribution >= 4 is 17.7 Å². The van der Waals surface area contributed by atoms with E-state index in [0.717, 1.165) is 48.6 Å². The predicted octanol–water partition coefficient (Wildman–Crippen LogP) is 5.09. The molecule has 3 heterocycles. The van der Waals surface area contributed by atoms with Crippen molar-refractivity contribution in [1.82, 2.24) is 24.6 Å². The van der Waals surface area contributed by atoms with E-state index in [0.29, 0.717) is 5.16 Å². The minimum Gasteiger partial charge on any atom is -0.341 e. The highest BCUT2D eigenvalue weighted by Gasteiger charge is 2.31. The van der Waals surface area contributed by atoms with Crippen molar-refractivity contribution in [3.63, 3.8) is 0 Å². The molecule has 0 spiro atoms. The Kier molecular flexibility index (Phi) is 6.21. The standard InChI is InChI=1S/C26H25N5OS/c1-19-9-11-22(12-10-19)31-24(21-13-15-27-16-14-21)28-29-26(31)33-23(20-7-3-2-4-8-20)25(32)30-17-5-6-18-30/h2-4,7-16,23H,5-6,17-18H2,1H3. The van der Waals surface area contributed by atoms with Gasteiger partial charge in [0.15, 0.2) is 11.0 Å². The summed E-state index contributed by atoms with van der Waals surface area (Å²) in [5.41, 5.74) is 4.04. The monoisotopic (exact) mass is 455 g/mol. The molecular formula is C26H25N5OS. The molecule has 0 bridgehead atoms. The average Bonchev–Trinajstić information content (AvgIpc) is 3.54. The third-order valence-corrected chi connectivity index (χ3v) is 7.02. The van der Waals surface area contributed by atoms with Crippen molar-refractivity contribution in [1.29, 1.82) is 0 Å². The molecule has 1 unspecified atom stereocenters. The zero-order chi connectivity index (χ0) is 22.6. The number of benzene rings is 2. The van der Waals surface area contributed by atoms with Gasteiger partial charge in [0.05, 0.1) is 0 Å². The third kappa shape index (κ3) is 4.54. The van der Waals surface area contributed by atoms with E-state index in [4.69, 9.17) is 0 Å². The summed E-state index contributed by atoms with van der Waals surface area (Å²) >= 11 is 1.46. The fourth-order valence-corrected chi connectivity index (χ4v) is 5.20. The zero-order valence-corrected chi connectivity index (χ0v) is 19.3. The van der Waals surface area contributed by atoms with Crippen LogP contribution in [0.1, 0.15) is 29.2 Å². The van der Waals surface area contributed by atoms with E-state index in [1.807, 2.05) is 51.9 Å². The third-order valence-electron chi connectivity index (χ3n) is 5.83. The molecule has 1 amide bonds. The molecular weight excluding hydrogens is 430 g/mol. The fraction of sp³-hybridized carbons (Fsp3) is 0.231. The number of nitrogens with zero attached hydrogens (tertiary/aromatic N) is 5. The topological polar surface area (TPSA) is 63.9 Å². The Balaban J connectivity index is 1.59.